The van der Waals surface area contributed by atoms with E-state index in [1.807, 2.05) is 31.2 Å². The highest BCUT2D eigenvalue weighted by Crippen LogP contribution is 2.35. The molecule has 7 heteroatoms. The van der Waals surface area contributed by atoms with Gasteiger partial charge in [-0.1, -0.05) is 12.1 Å². The number of hydrogen-bond acceptors (Lipinski definition) is 5. The fourth-order valence-electron chi connectivity index (χ4n) is 2.85. The third-order valence-corrected chi connectivity index (χ3v) is 4.59. The molecule has 0 radical (unpaired) electrons. The Morgan fingerprint density at radius 1 is 1.00 bits per heavy atom. The number of hydrogen-bond donors (Lipinski definition) is 1. The highest BCUT2D eigenvalue weighted by atomic mass is 32.2. The SMILES string of the molecule is COc1cc2cc(-c3cccc(NS(C)(=O)=O)c3)nc(C)c2cc1OC. The molecular formula is C19H20N2O4S. The Morgan fingerprint density at radius 3 is 2.35 bits per heavy atom. The number of rotatable bonds is 5. The first-order chi connectivity index (χ1) is 12.3. The highest BCUT2D eigenvalue weighted by molar-refractivity contribution is 7.92. The lowest BCUT2D eigenvalue weighted by molar-refractivity contribution is 0.356. The first kappa shape index (κ1) is 18.0. The summed E-state index contributed by atoms with van der Waals surface area (Å²) >= 11 is 0. The number of anilines is 1. The molecule has 0 saturated carbocycles. The van der Waals surface area contributed by atoms with Crippen LogP contribution in [0.3, 0.4) is 0 Å². The number of nitrogens with zero attached hydrogens (tertiary/aromatic N) is 1. The predicted octanol–water partition coefficient (Wildman–Crippen LogP) is 3.60. The quantitative estimate of drug-likeness (QED) is 0.740. The smallest absolute Gasteiger partial charge is 0.229 e. The van der Waals surface area contributed by atoms with Crippen LogP contribution in [0.5, 0.6) is 11.5 Å². The van der Waals surface area contributed by atoms with Gasteiger partial charge in [0.15, 0.2) is 11.5 Å². The molecule has 1 heterocycles. The summed E-state index contributed by atoms with van der Waals surface area (Å²) in [5.74, 6) is 1.29. The van der Waals surface area contributed by atoms with E-state index in [4.69, 9.17) is 9.47 Å². The molecule has 1 aromatic heterocycles. The Kier molecular flexibility index (Phi) is 4.73. The van der Waals surface area contributed by atoms with Gasteiger partial charge in [-0.05, 0) is 42.6 Å². The summed E-state index contributed by atoms with van der Waals surface area (Å²) in [5.41, 5.74) is 2.91. The number of pyridine rings is 1. The van der Waals surface area contributed by atoms with Crippen molar-refractivity contribution in [1.29, 1.82) is 0 Å². The molecule has 2 aromatic carbocycles. The van der Waals surface area contributed by atoms with Crippen LogP contribution in [-0.4, -0.2) is 33.9 Å². The van der Waals surface area contributed by atoms with E-state index in [1.54, 1.807) is 32.4 Å². The van der Waals surface area contributed by atoms with E-state index in [0.717, 1.165) is 34.0 Å². The topological polar surface area (TPSA) is 77.5 Å². The lowest BCUT2D eigenvalue weighted by Gasteiger charge is -2.12. The number of fused-ring (bicyclic) bond motifs is 1. The van der Waals surface area contributed by atoms with Crippen LogP contribution >= 0.6 is 0 Å². The Labute approximate surface area is 152 Å². The summed E-state index contributed by atoms with van der Waals surface area (Å²) in [7, 11) is -0.142. The number of aromatic nitrogens is 1. The maximum atomic E-state index is 11.5. The zero-order chi connectivity index (χ0) is 18.9. The van der Waals surface area contributed by atoms with Crippen molar-refractivity contribution >= 4 is 26.5 Å². The minimum Gasteiger partial charge on any atom is -0.493 e. The van der Waals surface area contributed by atoms with E-state index in [0.29, 0.717) is 17.2 Å². The molecule has 0 spiro atoms. The molecule has 0 aliphatic carbocycles. The van der Waals surface area contributed by atoms with Crippen molar-refractivity contribution in [2.45, 2.75) is 6.92 Å². The molecule has 0 amide bonds. The molecule has 136 valence electrons. The van der Waals surface area contributed by atoms with Crippen molar-refractivity contribution in [2.75, 3.05) is 25.2 Å². The Bertz CT molecular complexity index is 1080. The molecule has 0 bridgehead atoms. The van der Waals surface area contributed by atoms with Crippen molar-refractivity contribution < 1.29 is 17.9 Å². The molecule has 3 rings (SSSR count). The fraction of sp³-hybridized carbons (Fsp3) is 0.211. The Hall–Kier alpha value is -2.80. The highest BCUT2D eigenvalue weighted by Gasteiger charge is 2.11. The number of benzene rings is 2. The second-order valence-electron chi connectivity index (χ2n) is 5.98. The molecule has 0 atom stereocenters. The second-order valence-corrected chi connectivity index (χ2v) is 7.72. The van der Waals surface area contributed by atoms with Crippen LogP contribution in [0.4, 0.5) is 5.69 Å². The normalized spacial score (nSPS) is 11.4. The zero-order valence-electron chi connectivity index (χ0n) is 15.0. The van der Waals surface area contributed by atoms with Gasteiger partial charge < -0.3 is 9.47 Å². The van der Waals surface area contributed by atoms with Crippen molar-refractivity contribution in [3.8, 4) is 22.8 Å². The van der Waals surface area contributed by atoms with Crippen molar-refractivity contribution in [1.82, 2.24) is 4.98 Å². The third-order valence-electron chi connectivity index (χ3n) is 3.99. The molecule has 1 N–H and O–H groups in total. The maximum Gasteiger partial charge on any atom is 0.229 e. The van der Waals surface area contributed by atoms with Gasteiger partial charge in [-0.15, -0.1) is 0 Å². The minimum atomic E-state index is -3.34. The summed E-state index contributed by atoms with van der Waals surface area (Å²) < 4.78 is 36.1. The van der Waals surface area contributed by atoms with Gasteiger partial charge in [0, 0.05) is 22.3 Å². The summed E-state index contributed by atoms with van der Waals surface area (Å²) in [6.07, 6.45) is 1.12. The van der Waals surface area contributed by atoms with Crippen LogP contribution in [0.1, 0.15) is 5.69 Å². The van der Waals surface area contributed by atoms with Gasteiger partial charge in [0.05, 0.1) is 26.2 Å². The van der Waals surface area contributed by atoms with E-state index in [9.17, 15) is 8.42 Å². The van der Waals surface area contributed by atoms with E-state index in [1.165, 1.54) is 0 Å². The Balaban J connectivity index is 2.13. The van der Waals surface area contributed by atoms with Crippen LogP contribution in [-0.2, 0) is 10.0 Å². The lowest BCUT2D eigenvalue weighted by Crippen LogP contribution is -2.09. The molecule has 6 nitrogen and oxygen atoms in total. The van der Waals surface area contributed by atoms with Gasteiger partial charge in [0.25, 0.3) is 0 Å². The predicted molar refractivity (Wildman–Crippen MR) is 103 cm³/mol. The van der Waals surface area contributed by atoms with Crippen molar-refractivity contribution in [3.63, 3.8) is 0 Å². The maximum absolute atomic E-state index is 11.5. The van der Waals surface area contributed by atoms with Crippen LogP contribution < -0.4 is 14.2 Å². The Morgan fingerprint density at radius 2 is 1.69 bits per heavy atom. The first-order valence-electron chi connectivity index (χ1n) is 7.92. The molecule has 3 aromatic rings. The summed E-state index contributed by atoms with van der Waals surface area (Å²) in [6, 6.07) is 12.9. The average molecular weight is 372 g/mol. The molecule has 0 aliphatic heterocycles. The number of nitrogens with one attached hydrogen (secondary N) is 1. The minimum absolute atomic E-state index is 0.497. The van der Waals surface area contributed by atoms with E-state index in [2.05, 4.69) is 9.71 Å². The molecule has 0 aliphatic rings. The summed E-state index contributed by atoms with van der Waals surface area (Å²) in [6.45, 7) is 1.93. The fourth-order valence-corrected chi connectivity index (χ4v) is 3.41. The number of methoxy groups -OCH3 is 2. The third kappa shape index (κ3) is 3.72. The molecular weight excluding hydrogens is 352 g/mol. The van der Waals surface area contributed by atoms with Crippen LogP contribution in [0.25, 0.3) is 22.0 Å². The largest absolute Gasteiger partial charge is 0.493 e. The molecule has 26 heavy (non-hydrogen) atoms. The van der Waals surface area contributed by atoms with Crippen LogP contribution in [0, 0.1) is 6.92 Å². The van der Waals surface area contributed by atoms with Gasteiger partial charge in [0.1, 0.15) is 0 Å². The number of ether oxygens (including phenoxy) is 2. The van der Waals surface area contributed by atoms with Crippen LogP contribution in [0.2, 0.25) is 0 Å². The average Bonchev–Trinajstić information content (AvgIpc) is 2.59. The van der Waals surface area contributed by atoms with Gasteiger partial charge in [-0.2, -0.15) is 0 Å². The van der Waals surface area contributed by atoms with E-state index < -0.39 is 10.0 Å². The number of aryl methyl sites for hydroxylation is 1. The van der Waals surface area contributed by atoms with Crippen molar-refractivity contribution in [3.05, 3.63) is 48.2 Å². The monoisotopic (exact) mass is 372 g/mol. The van der Waals surface area contributed by atoms with Gasteiger partial charge >= 0.3 is 0 Å². The van der Waals surface area contributed by atoms with Crippen LogP contribution in [0.15, 0.2) is 42.5 Å². The van der Waals surface area contributed by atoms with Gasteiger partial charge in [0.2, 0.25) is 10.0 Å². The summed E-state index contributed by atoms with van der Waals surface area (Å²) in [4.78, 5) is 4.67. The van der Waals surface area contributed by atoms with Gasteiger partial charge in [-0.3, -0.25) is 9.71 Å². The standard InChI is InChI=1S/C19H20N2O4S/c1-12-16-11-19(25-3)18(24-2)10-14(16)9-17(20-12)13-6-5-7-15(8-13)21-26(4,22)23/h5-11,21H,1-4H3. The number of sulfonamides is 1. The summed E-state index contributed by atoms with van der Waals surface area (Å²) in [5, 5.41) is 1.93. The second kappa shape index (κ2) is 6.84. The lowest BCUT2D eigenvalue weighted by atomic mass is 10.0. The van der Waals surface area contributed by atoms with Gasteiger partial charge in [-0.25, -0.2) is 8.42 Å². The first-order valence-corrected chi connectivity index (χ1v) is 9.81. The molecule has 0 saturated heterocycles. The zero-order valence-corrected chi connectivity index (χ0v) is 15.8. The van der Waals surface area contributed by atoms with Crippen molar-refractivity contribution in [2.24, 2.45) is 0 Å². The molecule has 0 fully saturated rings. The molecule has 0 unspecified atom stereocenters. The van der Waals surface area contributed by atoms with E-state index >= 15 is 0 Å². The van der Waals surface area contributed by atoms with E-state index in [-0.39, 0.29) is 0 Å².